The summed E-state index contributed by atoms with van der Waals surface area (Å²) in [6.07, 6.45) is 0.836. The first-order valence-corrected chi connectivity index (χ1v) is 5.07. The molecule has 0 radical (unpaired) electrons. The number of rotatable bonds is 3. The number of nitrogens with one attached hydrogen (secondary N) is 4. The third-order valence-electron chi connectivity index (χ3n) is 2.10. The van der Waals surface area contributed by atoms with E-state index >= 15 is 0 Å². The van der Waals surface area contributed by atoms with Gasteiger partial charge in [-0.2, -0.15) is 0 Å². The van der Waals surface area contributed by atoms with Crippen LogP contribution in [0.4, 0.5) is 0 Å². The number of hydrogen-bond donors (Lipinski definition) is 5. The number of hydrogen-bond acceptors (Lipinski definition) is 2. The molecular weight excluding hydrogens is 201 g/mol. The molecule has 16 heavy (non-hydrogen) atoms. The van der Waals surface area contributed by atoms with E-state index in [1.54, 1.807) is 0 Å². The molecule has 0 aliphatic rings. The van der Waals surface area contributed by atoms with Crippen LogP contribution in [0.25, 0.3) is 0 Å². The van der Waals surface area contributed by atoms with Crippen LogP contribution in [0, 0.1) is 10.8 Å². The lowest BCUT2D eigenvalue weighted by atomic mass is 9.95. The van der Waals surface area contributed by atoms with Gasteiger partial charge in [0.1, 0.15) is 7.85 Å². The second kappa shape index (κ2) is 5.80. The summed E-state index contributed by atoms with van der Waals surface area (Å²) in [7, 11) is 2.05. The van der Waals surface area contributed by atoms with Crippen LogP contribution < -0.4 is 21.8 Å². The lowest BCUT2D eigenvalue weighted by molar-refractivity contribution is 0.841. The molecular formula is C10H16BN5. The summed E-state index contributed by atoms with van der Waals surface area (Å²) in [6, 6.07) is 8.26. The van der Waals surface area contributed by atoms with E-state index in [0.29, 0.717) is 6.54 Å². The molecule has 84 valence electrons. The molecule has 0 bridgehead atoms. The Morgan fingerprint density at radius 3 is 2.44 bits per heavy atom. The van der Waals surface area contributed by atoms with Gasteiger partial charge in [-0.15, -0.1) is 0 Å². The molecule has 1 aromatic carbocycles. The van der Waals surface area contributed by atoms with Crippen LogP contribution in [0.15, 0.2) is 24.3 Å². The highest BCUT2D eigenvalue weighted by atomic mass is 15.2. The highest BCUT2D eigenvalue weighted by molar-refractivity contribution is 6.32. The summed E-state index contributed by atoms with van der Waals surface area (Å²) in [5.74, 6) is -0.174. The molecule has 0 atom stereocenters. The first kappa shape index (κ1) is 12.1. The Morgan fingerprint density at radius 1 is 1.25 bits per heavy atom. The van der Waals surface area contributed by atoms with E-state index in [1.807, 2.05) is 0 Å². The minimum Gasteiger partial charge on any atom is -0.370 e. The van der Waals surface area contributed by atoms with Crippen molar-refractivity contribution in [3.05, 3.63) is 29.8 Å². The van der Waals surface area contributed by atoms with Gasteiger partial charge in [0.15, 0.2) is 11.9 Å². The van der Waals surface area contributed by atoms with Crippen LogP contribution in [-0.4, -0.2) is 26.3 Å². The largest absolute Gasteiger partial charge is 0.370 e. The number of benzene rings is 1. The van der Waals surface area contributed by atoms with Gasteiger partial charge < -0.3 is 11.1 Å². The average molecular weight is 217 g/mol. The quantitative estimate of drug-likeness (QED) is 0.242. The smallest absolute Gasteiger partial charge is 0.195 e. The maximum absolute atomic E-state index is 7.38. The van der Waals surface area contributed by atoms with Crippen molar-refractivity contribution < 1.29 is 0 Å². The molecule has 0 spiro atoms. The average Bonchev–Trinajstić information content (AvgIpc) is 2.20. The van der Waals surface area contributed by atoms with E-state index in [4.69, 9.17) is 16.6 Å². The van der Waals surface area contributed by atoms with E-state index in [0.717, 1.165) is 6.42 Å². The van der Waals surface area contributed by atoms with Gasteiger partial charge in [0.2, 0.25) is 0 Å². The molecule has 6 N–H and O–H groups in total. The van der Waals surface area contributed by atoms with Crippen LogP contribution in [-0.2, 0) is 6.42 Å². The zero-order chi connectivity index (χ0) is 12.0. The van der Waals surface area contributed by atoms with Gasteiger partial charge in [-0.3, -0.25) is 16.1 Å². The summed E-state index contributed by atoms with van der Waals surface area (Å²) >= 11 is 0. The topological polar surface area (TPSA) is 97.8 Å². The molecule has 0 aromatic heterocycles. The predicted octanol–water partition coefficient (Wildman–Crippen LogP) is -1.51. The Balaban J connectivity index is 2.28. The molecule has 1 rings (SSSR count). The molecule has 0 fully saturated rings. The maximum Gasteiger partial charge on any atom is 0.195 e. The van der Waals surface area contributed by atoms with Gasteiger partial charge in [-0.05, 0) is 12.0 Å². The van der Waals surface area contributed by atoms with Crippen LogP contribution in [0.2, 0.25) is 0 Å². The zero-order valence-electron chi connectivity index (χ0n) is 9.30. The van der Waals surface area contributed by atoms with Crippen molar-refractivity contribution in [3.63, 3.8) is 0 Å². The Kier molecular flexibility index (Phi) is 4.38. The Labute approximate surface area is 95.9 Å². The first-order valence-electron chi connectivity index (χ1n) is 5.07. The monoisotopic (exact) mass is 217 g/mol. The highest BCUT2D eigenvalue weighted by Crippen LogP contribution is 1.96. The van der Waals surface area contributed by atoms with E-state index in [1.165, 1.54) is 11.0 Å². The molecule has 1 aromatic rings. The molecule has 0 amide bonds. The molecule has 0 aliphatic carbocycles. The fourth-order valence-electron chi connectivity index (χ4n) is 1.27. The van der Waals surface area contributed by atoms with Crippen molar-refractivity contribution in [2.75, 3.05) is 6.54 Å². The standard InChI is InChI=1S/C10H16BN5/c11-8-3-1-7(2-4-8)5-6-15-10(14)16-9(12)13/h1-4H,5-6,11H2,(H6,12,13,14,15,16). The predicted molar refractivity (Wildman–Crippen MR) is 69.1 cm³/mol. The summed E-state index contributed by atoms with van der Waals surface area (Å²) in [5, 5.41) is 19.5. The summed E-state index contributed by atoms with van der Waals surface area (Å²) in [4.78, 5) is 0. The Bertz CT molecular complexity index is 373. The van der Waals surface area contributed by atoms with Crippen molar-refractivity contribution in [1.82, 2.24) is 10.6 Å². The van der Waals surface area contributed by atoms with Crippen LogP contribution in [0.1, 0.15) is 5.56 Å². The van der Waals surface area contributed by atoms with E-state index in [-0.39, 0.29) is 11.9 Å². The zero-order valence-corrected chi connectivity index (χ0v) is 9.30. The van der Waals surface area contributed by atoms with Gasteiger partial charge in [0.05, 0.1) is 0 Å². The summed E-state index contributed by atoms with van der Waals surface area (Å²) in [6.45, 7) is 0.641. The minimum atomic E-state index is -0.229. The molecule has 0 heterocycles. The van der Waals surface area contributed by atoms with Crippen molar-refractivity contribution in [1.29, 1.82) is 10.8 Å². The second-order valence-corrected chi connectivity index (χ2v) is 3.58. The fraction of sp³-hybridized carbons (Fsp3) is 0.200. The summed E-state index contributed by atoms with van der Waals surface area (Å²) < 4.78 is 0. The number of guanidine groups is 2. The van der Waals surface area contributed by atoms with E-state index in [2.05, 4.69) is 42.7 Å². The molecule has 5 nitrogen and oxygen atoms in total. The van der Waals surface area contributed by atoms with Crippen LogP contribution in [0.3, 0.4) is 0 Å². The van der Waals surface area contributed by atoms with E-state index < -0.39 is 0 Å². The molecule has 0 saturated carbocycles. The molecule has 0 saturated heterocycles. The number of nitrogens with two attached hydrogens (primary N) is 1. The first-order chi connectivity index (χ1) is 7.58. The van der Waals surface area contributed by atoms with Crippen molar-refractivity contribution in [2.24, 2.45) is 5.73 Å². The SMILES string of the molecule is Bc1ccc(CCNC(=N)NC(=N)N)cc1. The third-order valence-corrected chi connectivity index (χ3v) is 2.10. The highest BCUT2D eigenvalue weighted by Gasteiger charge is 1.96. The Hall–Kier alpha value is -1.98. The lowest BCUT2D eigenvalue weighted by Crippen LogP contribution is -2.43. The lowest BCUT2D eigenvalue weighted by Gasteiger charge is -2.08. The van der Waals surface area contributed by atoms with Crippen LogP contribution >= 0.6 is 0 Å². The van der Waals surface area contributed by atoms with E-state index in [9.17, 15) is 0 Å². The van der Waals surface area contributed by atoms with Gasteiger partial charge >= 0.3 is 0 Å². The van der Waals surface area contributed by atoms with Gasteiger partial charge in [0.25, 0.3) is 0 Å². The van der Waals surface area contributed by atoms with Gasteiger partial charge in [-0.1, -0.05) is 29.7 Å². The fourth-order valence-corrected chi connectivity index (χ4v) is 1.27. The third kappa shape index (κ3) is 4.50. The second-order valence-electron chi connectivity index (χ2n) is 3.58. The van der Waals surface area contributed by atoms with Crippen molar-refractivity contribution >= 4 is 25.2 Å². The minimum absolute atomic E-state index is 0.0552. The Morgan fingerprint density at radius 2 is 1.88 bits per heavy atom. The van der Waals surface area contributed by atoms with Crippen molar-refractivity contribution in [3.8, 4) is 0 Å². The molecule has 0 unspecified atom stereocenters. The van der Waals surface area contributed by atoms with Crippen molar-refractivity contribution in [2.45, 2.75) is 6.42 Å². The van der Waals surface area contributed by atoms with Gasteiger partial charge in [0, 0.05) is 6.54 Å². The molecule has 6 heteroatoms. The normalized spacial score (nSPS) is 9.50. The maximum atomic E-state index is 7.38. The molecule has 0 aliphatic heterocycles. The van der Waals surface area contributed by atoms with Gasteiger partial charge in [-0.25, -0.2) is 0 Å². The summed E-state index contributed by atoms with van der Waals surface area (Å²) in [5.41, 5.74) is 7.54. The van der Waals surface area contributed by atoms with Crippen LogP contribution in [0.5, 0.6) is 0 Å².